The number of hydrogen-bond donors (Lipinski definition) is 2. The summed E-state index contributed by atoms with van der Waals surface area (Å²) in [6, 6.07) is 8.04. The second-order valence-corrected chi connectivity index (χ2v) is 4.70. The summed E-state index contributed by atoms with van der Waals surface area (Å²) in [7, 11) is 0. The van der Waals surface area contributed by atoms with Gasteiger partial charge < -0.3 is 10.4 Å². The van der Waals surface area contributed by atoms with Crippen LogP contribution in [0.1, 0.15) is 13.3 Å². The van der Waals surface area contributed by atoms with Crippen LogP contribution in [0.2, 0.25) is 0 Å². The molecule has 3 nitrogen and oxygen atoms in total. The summed E-state index contributed by atoms with van der Waals surface area (Å²) in [6.07, 6.45) is 0.129. The van der Waals surface area contributed by atoms with Gasteiger partial charge in [-0.2, -0.15) is 0 Å². The Bertz CT molecular complexity index is 506. The second-order valence-electron chi connectivity index (χ2n) is 3.79. The molecule has 0 saturated heterocycles. The van der Waals surface area contributed by atoms with Gasteiger partial charge in [-0.3, -0.25) is 4.79 Å². The number of anilines is 1. The third-order valence-corrected chi connectivity index (χ3v) is 3.33. The number of nitrogens with one attached hydrogen (secondary N) is 1. The Labute approximate surface area is 97.7 Å². The molecular weight excluding hydrogens is 222 g/mol. The summed E-state index contributed by atoms with van der Waals surface area (Å²) in [6.45, 7) is 1.88. The summed E-state index contributed by atoms with van der Waals surface area (Å²) in [5.41, 5.74) is 1.02. The molecule has 0 aliphatic rings. The van der Waals surface area contributed by atoms with Crippen molar-refractivity contribution in [2.75, 3.05) is 5.32 Å². The SMILES string of the molecule is CC(CC(=O)O)Nc1csc2ccccc12. The Kier molecular flexibility index (Phi) is 3.10. The normalized spacial score (nSPS) is 12.6. The van der Waals surface area contributed by atoms with E-state index in [0.29, 0.717) is 0 Å². The van der Waals surface area contributed by atoms with Crippen LogP contribution < -0.4 is 5.32 Å². The smallest absolute Gasteiger partial charge is 0.305 e. The Morgan fingerprint density at radius 3 is 3.00 bits per heavy atom. The molecule has 0 aliphatic carbocycles. The van der Waals surface area contributed by atoms with Gasteiger partial charge in [0.05, 0.1) is 12.1 Å². The Balaban J connectivity index is 2.18. The van der Waals surface area contributed by atoms with Crippen LogP contribution in [0.15, 0.2) is 29.6 Å². The van der Waals surface area contributed by atoms with Gasteiger partial charge in [0, 0.05) is 21.5 Å². The Morgan fingerprint density at radius 2 is 2.25 bits per heavy atom. The first-order chi connectivity index (χ1) is 7.66. The average Bonchev–Trinajstić information content (AvgIpc) is 2.61. The van der Waals surface area contributed by atoms with E-state index in [0.717, 1.165) is 11.1 Å². The van der Waals surface area contributed by atoms with Crippen LogP contribution in [0.25, 0.3) is 10.1 Å². The number of carboxylic acid groups (broad SMARTS) is 1. The van der Waals surface area contributed by atoms with Crippen LogP contribution in [-0.2, 0) is 4.79 Å². The summed E-state index contributed by atoms with van der Waals surface area (Å²) < 4.78 is 1.22. The number of hydrogen-bond acceptors (Lipinski definition) is 3. The molecule has 2 aromatic rings. The minimum Gasteiger partial charge on any atom is -0.481 e. The first kappa shape index (κ1) is 11.0. The molecule has 0 saturated carbocycles. The molecule has 2 rings (SSSR count). The van der Waals surface area contributed by atoms with Gasteiger partial charge in [-0.25, -0.2) is 0 Å². The molecule has 16 heavy (non-hydrogen) atoms. The number of benzene rings is 1. The van der Waals surface area contributed by atoms with Crippen LogP contribution in [0.4, 0.5) is 5.69 Å². The molecular formula is C12H13NO2S. The lowest BCUT2D eigenvalue weighted by Gasteiger charge is -2.11. The molecule has 2 N–H and O–H groups in total. The van der Waals surface area contributed by atoms with E-state index in [9.17, 15) is 4.79 Å². The van der Waals surface area contributed by atoms with Gasteiger partial charge in [0.15, 0.2) is 0 Å². The predicted octanol–water partition coefficient (Wildman–Crippen LogP) is 3.18. The van der Waals surface area contributed by atoms with Crippen molar-refractivity contribution in [3.05, 3.63) is 29.6 Å². The van der Waals surface area contributed by atoms with Crippen molar-refractivity contribution in [3.8, 4) is 0 Å². The summed E-state index contributed by atoms with van der Waals surface area (Å²) in [4.78, 5) is 10.6. The standard InChI is InChI=1S/C12H13NO2S/c1-8(6-12(14)15)13-10-7-16-11-5-3-2-4-9(10)11/h2-5,7-8,13H,6H2,1H3,(H,14,15). The van der Waals surface area contributed by atoms with E-state index < -0.39 is 5.97 Å². The number of aliphatic carboxylic acids is 1. The molecule has 4 heteroatoms. The lowest BCUT2D eigenvalue weighted by Crippen LogP contribution is -2.18. The van der Waals surface area contributed by atoms with Crippen LogP contribution in [0, 0.1) is 0 Å². The van der Waals surface area contributed by atoms with Crippen LogP contribution in [-0.4, -0.2) is 17.1 Å². The van der Waals surface area contributed by atoms with Crippen molar-refractivity contribution in [2.45, 2.75) is 19.4 Å². The number of fused-ring (bicyclic) bond motifs is 1. The van der Waals surface area contributed by atoms with Crippen LogP contribution in [0.5, 0.6) is 0 Å². The van der Waals surface area contributed by atoms with E-state index in [1.807, 2.05) is 30.5 Å². The molecule has 0 radical (unpaired) electrons. The highest BCUT2D eigenvalue weighted by atomic mass is 32.1. The van der Waals surface area contributed by atoms with Gasteiger partial charge in [0.1, 0.15) is 0 Å². The lowest BCUT2D eigenvalue weighted by molar-refractivity contribution is -0.137. The third kappa shape index (κ3) is 2.33. The van der Waals surface area contributed by atoms with Gasteiger partial charge in [0.25, 0.3) is 0 Å². The van der Waals surface area contributed by atoms with Crippen molar-refractivity contribution in [2.24, 2.45) is 0 Å². The topological polar surface area (TPSA) is 49.3 Å². The quantitative estimate of drug-likeness (QED) is 0.855. The minimum absolute atomic E-state index is 0.0597. The molecule has 84 valence electrons. The lowest BCUT2D eigenvalue weighted by atomic mass is 10.2. The van der Waals surface area contributed by atoms with Crippen molar-refractivity contribution < 1.29 is 9.90 Å². The van der Waals surface area contributed by atoms with Crippen molar-refractivity contribution in [3.63, 3.8) is 0 Å². The zero-order valence-corrected chi connectivity index (χ0v) is 9.75. The van der Waals surface area contributed by atoms with Gasteiger partial charge in [-0.1, -0.05) is 18.2 Å². The zero-order chi connectivity index (χ0) is 11.5. The fraction of sp³-hybridized carbons (Fsp3) is 0.250. The molecule has 1 heterocycles. The maximum absolute atomic E-state index is 10.6. The van der Waals surface area contributed by atoms with E-state index >= 15 is 0 Å². The van der Waals surface area contributed by atoms with E-state index in [1.54, 1.807) is 11.3 Å². The fourth-order valence-electron chi connectivity index (χ4n) is 1.67. The average molecular weight is 235 g/mol. The van der Waals surface area contributed by atoms with Crippen LogP contribution in [0.3, 0.4) is 0 Å². The number of carboxylic acids is 1. The third-order valence-electron chi connectivity index (χ3n) is 2.36. The molecule has 1 atom stereocenters. The molecule has 1 unspecified atom stereocenters. The van der Waals surface area contributed by atoms with Gasteiger partial charge in [0.2, 0.25) is 0 Å². The van der Waals surface area contributed by atoms with Gasteiger partial charge in [-0.05, 0) is 13.0 Å². The monoisotopic (exact) mass is 235 g/mol. The zero-order valence-electron chi connectivity index (χ0n) is 8.93. The minimum atomic E-state index is -0.778. The van der Waals surface area contributed by atoms with Crippen LogP contribution >= 0.6 is 11.3 Å². The van der Waals surface area contributed by atoms with Gasteiger partial charge in [-0.15, -0.1) is 11.3 Å². The van der Waals surface area contributed by atoms with Crippen molar-refractivity contribution >= 4 is 33.1 Å². The highest BCUT2D eigenvalue weighted by Crippen LogP contribution is 2.30. The molecule has 0 amide bonds. The number of carbonyl (C=O) groups is 1. The van der Waals surface area contributed by atoms with Crippen molar-refractivity contribution in [1.82, 2.24) is 0 Å². The fourth-order valence-corrected chi connectivity index (χ4v) is 2.57. The van der Waals surface area contributed by atoms with E-state index in [1.165, 1.54) is 4.70 Å². The van der Waals surface area contributed by atoms with Gasteiger partial charge >= 0.3 is 5.97 Å². The number of thiophene rings is 1. The molecule has 1 aromatic heterocycles. The predicted molar refractivity (Wildman–Crippen MR) is 67.2 cm³/mol. The maximum Gasteiger partial charge on any atom is 0.305 e. The highest BCUT2D eigenvalue weighted by molar-refractivity contribution is 7.17. The summed E-state index contributed by atoms with van der Waals surface area (Å²) >= 11 is 1.66. The van der Waals surface area contributed by atoms with E-state index in [-0.39, 0.29) is 12.5 Å². The second kappa shape index (κ2) is 4.53. The summed E-state index contributed by atoms with van der Waals surface area (Å²) in [5, 5.41) is 15.1. The number of rotatable bonds is 4. The van der Waals surface area contributed by atoms with E-state index in [4.69, 9.17) is 5.11 Å². The summed E-state index contributed by atoms with van der Waals surface area (Å²) in [5.74, 6) is -0.778. The molecule has 0 spiro atoms. The van der Waals surface area contributed by atoms with E-state index in [2.05, 4.69) is 11.4 Å². The molecule has 1 aromatic carbocycles. The molecule has 0 fully saturated rings. The molecule has 0 aliphatic heterocycles. The Morgan fingerprint density at radius 1 is 1.50 bits per heavy atom. The largest absolute Gasteiger partial charge is 0.481 e. The first-order valence-corrected chi connectivity index (χ1v) is 5.99. The maximum atomic E-state index is 10.6. The Hall–Kier alpha value is -1.55. The molecule has 0 bridgehead atoms. The van der Waals surface area contributed by atoms with Crippen molar-refractivity contribution in [1.29, 1.82) is 0 Å². The highest BCUT2D eigenvalue weighted by Gasteiger charge is 2.09. The first-order valence-electron chi connectivity index (χ1n) is 5.11.